The van der Waals surface area contributed by atoms with Crippen LogP contribution >= 0.6 is 11.8 Å². The highest BCUT2D eigenvalue weighted by Crippen LogP contribution is 2.32. The Morgan fingerprint density at radius 3 is 2.95 bits per heavy atom. The van der Waals surface area contributed by atoms with Gasteiger partial charge in [0.2, 0.25) is 5.95 Å². The van der Waals surface area contributed by atoms with Gasteiger partial charge in [0.05, 0.1) is 0 Å². The van der Waals surface area contributed by atoms with Gasteiger partial charge in [0.25, 0.3) is 0 Å². The van der Waals surface area contributed by atoms with E-state index in [4.69, 9.17) is 0 Å². The summed E-state index contributed by atoms with van der Waals surface area (Å²) < 4.78 is 0. The molecule has 0 amide bonds. The maximum atomic E-state index is 4.64. The maximum absolute atomic E-state index is 4.64. The summed E-state index contributed by atoms with van der Waals surface area (Å²) in [5.74, 6) is 0.728. The zero-order chi connectivity index (χ0) is 14.7. The van der Waals surface area contributed by atoms with Gasteiger partial charge in [0.15, 0.2) is 0 Å². The fraction of sp³-hybridized carbons (Fsp3) is 0.412. The van der Waals surface area contributed by atoms with Crippen molar-refractivity contribution in [2.45, 2.75) is 49.5 Å². The molecule has 2 aromatic rings. The van der Waals surface area contributed by atoms with Gasteiger partial charge in [-0.15, -0.1) is 0 Å². The van der Waals surface area contributed by atoms with Crippen LogP contribution in [-0.4, -0.2) is 16.5 Å². The lowest BCUT2D eigenvalue weighted by Crippen LogP contribution is -2.05. The van der Waals surface area contributed by atoms with Crippen LogP contribution in [0.1, 0.15) is 36.5 Å². The molecule has 0 fully saturated rings. The summed E-state index contributed by atoms with van der Waals surface area (Å²) in [5, 5.41) is 4.30. The van der Waals surface area contributed by atoms with Gasteiger partial charge in [-0.2, -0.15) is 0 Å². The molecule has 1 heterocycles. The summed E-state index contributed by atoms with van der Waals surface area (Å²) in [4.78, 5) is 10.3. The highest BCUT2D eigenvalue weighted by Gasteiger charge is 2.12. The van der Waals surface area contributed by atoms with Gasteiger partial charge in [-0.05, 0) is 55.9 Å². The minimum absolute atomic E-state index is 0.728. The lowest BCUT2D eigenvalue weighted by Gasteiger charge is -2.09. The molecule has 3 rings (SSSR count). The van der Waals surface area contributed by atoms with Crippen LogP contribution in [0.3, 0.4) is 0 Å². The molecule has 0 radical (unpaired) electrons. The molecule has 110 valence electrons. The second kappa shape index (κ2) is 6.48. The summed E-state index contributed by atoms with van der Waals surface area (Å²) in [6.45, 7) is 5.12. The Balaban J connectivity index is 1.80. The van der Waals surface area contributed by atoms with E-state index in [1.54, 1.807) is 11.8 Å². The largest absolute Gasteiger partial charge is 0.354 e. The van der Waals surface area contributed by atoms with Gasteiger partial charge in [-0.3, -0.25) is 0 Å². The van der Waals surface area contributed by atoms with Crippen LogP contribution < -0.4 is 5.32 Å². The van der Waals surface area contributed by atoms with Gasteiger partial charge in [-0.1, -0.05) is 24.8 Å². The van der Waals surface area contributed by atoms with Crippen molar-refractivity contribution in [3.05, 3.63) is 41.1 Å². The van der Waals surface area contributed by atoms with E-state index in [1.807, 2.05) is 6.20 Å². The average molecular weight is 299 g/mol. The molecular weight excluding hydrogens is 278 g/mol. The normalized spacial score (nSPS) is 13.2. The quantitative estimate of drug-likeness (QED) is 0.838. The third kappa shape index (κ3) is 3.38. The highest BCUT2D eigenvalue weighted by atomic mass is 32.2. The van der Waals surface area contributed by atoms with Crippen molar-refractivity contribution in [3.8, 4) is 0 Å². The average Bonchev–Trinajstić information content (AvgIpc) is 2.95. The van der Waals surface area contributed by atoms with Crippen molar-refractivity contribution in [1.82, 2.24) is 9.97 Å². The first-order chi connectivity index (χ1) is 10.3. The highest BCUT2D eigenvalue weighted by molar-refractivity contribution is 7.99. The summed E-state index contributed by atoms with van der Waals surface area (Å²) in [6, 6.07) is 6.82. The van der Waals surface area contributed by atoms with Crippen LogP contribution in [0.5, 0.6) is 0 Å². The summed E-state index contributed by atoms with van der Waals surface area (Å²) in [6.07, 6.45) is 6.72. The van der Waals surface area contributed by atoms with Crippen molar-refractivity contribution in [1.29, 1.82) is 0 Å². The van der Waals surface area contributed by atoms with E-state index in [9.17, 15) is 0 Å². The number of nitrogens with one attached hydrogen (secondary N) is 1. The van der Waals surface area contributed by atoms with Gasteiger partial charge in [-0.25, -0.2) is 9.97 Å². The number of nitrogens with zero attached hydrogens (tertiary/aromatic N) is 2. The SMILES string of the molecule is CCCNc1ncc(C)c(Sc2ccc3c(c2)CCC3)n1. The van der Waals surface area contributed by atoms with Gasteiger partial charge < -0.3 is 5.32 Å². The number of rotatable bonds is 5. The molecule has 0 saturated heterocycles. The molecule has 0 aliphatic heterocycles. The number of aryl methyl sites for hydroxylation is 3. The minimum Gasteiger partial charge on any atom is -0.354 e. The zero-order valence-corrected chi connectivity index (χ0v) is 13.5. The molecule has 4 heteroatoms. The Kier molecular flexibility index (Phi) is 4.44. The lowest BCUT2D eigenvalue weighted by molar-refractivity contribution is 0.911. The Hall–Kier alpha value is -1.55. The molecule has 0 spiro atoms. The molecule has 3 nitrogen and oxygen atoms in total. The Bertz CT molecular complexity index is 640. The molecule has 1 aliphatic carbocycles. The smallest absolute Gasteiger partial charge is 0.223 e. The van der Waals surface area contributed by atoms with E-state index >= 15 is 0 Å². The monoisotopic (exact) mass is 299 g/mol. The standard InChI is InChI=1S/C17H21N3S/c1-3-9-18-17-19-11-12(2)16(20-17)21-15-8-7-13-5-4-6-14(13)10-15/h7-8,10-11H,3-6,9H2,1-2H3,(H,18,19,20). The van der Waals surface area contributed by atoms with Crippen molar-refractivity contribution < 1.29 is 0 Å². The molecule has 0 unspecified atom stereocenters. The molecule has 1 aromatic heterocycles. The third-order valence-corrected chi connectivity index (χ3v) is 4.84. The van der Waals surface area contributed by atoms with Crippen molar-refractivity contribution in [2.75, 3.05) is 11.9 Å². The number of benzene rings is 1. The summed E-state index contributed by atoms with van der Waals surface area (Å²) in [5.41, 5.74) is 4.16. The molecule has 0 atom stereocenters. The molecule has 1 aliphatic rings. The van der Waals surface area contributed by atoms with E-state index in [1.165, 1.54) is 35.3 Å². The van der Waals surface area contributed by atoms with Crippen molar-refractivity contribution in [3.63, 3.8) is 0 Å². The summed E-state index contributed by atoms with van der Waals surface area (Å²) in [7, 11) is 0. The van der Waals surface area contributed by atoms with Crippen LogP contribution in [0.25, 0.3) is 0 Å². The first kappa shape index (κ1) is 14.4. The van der Waals surface area contributed by atoms with E-state index in [0.29, 0.717) is 0 Å². The first-order valence-electron chi connectivity index (χ1n) is 7.63. The second-order valence-electron chi connectivity index (χ2n) is 5.49. The van der Waals surface area contributed by atoms with Crippen molar-refractivity contribution >= 4 is 17.7 Å². The van der Waals surface area contributed by atoms with Crippen LogP contribution in [-0.2, 0) is 12.8 Å². The number of fused-ring (bicyclic) bond motifs is 1. The topological polar surface area (TPSA) is 37.8 Å². The van der Waals surface area contributed by atoms with Crippen LogP contribution in [0, 0.1) is 6.92 Å². The van der Waals surface area contributed by atoms with Crippen LogP contribution in [0.15, 0.2) is 34.3 Å². The van der Waals surface area contributed by atoms with Gasteiger partial charge in [0.1, 0.15) is 5.03 Å². The van der Waals surface area contributed by atoms with E-state index in [0.717, 1.165) is 29.5 Å². The number of hydrogen-bond acceptors (Lipinski definition) is 4. The molecule has 1 N–H and O–H groups in total. The third-order valence-electron chi connectivity index (χ3n) is 3.74. The van der Waals surface area contributed by atoms with E-state index < -0.39 is 0 Å². The van der Waals surface area contributed by atoms with Crippen LogP contribution in [0.4, 0.5) is 5.95 Å². The number of anilines is 1. The predicted octanol–water partition coefficient (Wildman–Crippen LogP) is 4.25. The Morgan fingerprint density at radius 2 is 2.10 bits per heavy atom. The van der Waals surface area contributed by atoms with Crippen molar-refractivity contribution in [2.24, 2.45) is 0 Å². The first-order valence-corrected chi connectivity index (χ1v) is 8.45. The Morgan fingerprint density at radius 1 is 1.24 bits per heavy atom. The fourth-order valence-electron chi connectivity index (χ4n) is 2.58. The number of aromatic nitrogens is 2. The lowest BCUT2D eigenvalue weighted by atomic mass is 10.1. The summed E-state index contributed by atoms with van der Waals surface area (Å²) >= 11 is 1.74. The number of hydrogen-bond donors (Lipinski definition) is 1. The zero-order valence-electron chi connectivity index (χ0n) is 12.6. The molecule has 0 saturated carbocycles. The molecule has 21 heavy (non-hydrogen) atoms. The molecular formula is C17H21N3S. The van der Waals surface area contributed by atoms with E-state index in [-0.39, 0.29) is 0 Å². The molecule has 1 aromatic carbocycles. The molecule has 0 bridgehead atoms. The predicted molar refractivity (Wildman–Crippen MR) is 88.1 cm³/mol. The fourth-order valence-corrected chi connectivity index (χ4v) is 3.48. The van der Waals surface area contributed by atoms with Gasteiger partial charge >= 0.3 is 0 Å². The second-order valence-corrected chi connectivity index (χ2v) is 6.56. The maximum Gasteiger partial charge on any atom is 0.223 e. The minimum atomic E-state index is 0.728. The Labute approximate surface area is 130 Å². The van der Waals surface area contributed by atoms with Crippen LogP contribution in [0.2, 0.25) is 0 Å². The van der Waals surface area contributed by atoms with Gasteiger partial charge in [0, 0.05) is 23.2 Å². The van der Waals surface area contributed by atoms with E-state index in [2.05, 4.69) is 47.3 Å².